The first-order valence-electron chi connectivity index (χ1n) is 5.73. The lowest BCUT2D eigenvalue weighted by Gasteiger charge is -2.10. The molecule has 0 atom stereocenters. The van der Waals surface area contributed by atoms with Crippen LogP contribution in [0.4, 0.5) is 5.69 Å². The van der Waals surface area contributed by atoms with Crippen molar-refractivity contribution < 1.29 is 9.53 Å². The van der Waals surface area contributed by atoms with Gasteiger partial charge in [-0.1, -0.05) is 12.1 Å². The molecule has 0 spiro atoms. The third-order valence-corrected chi connectivity index (χ3v) is 2.17. The third kappa shape index (κ3) is 5.36. The van der Waals surface area contributed by atoms with Crippen LogP contribution in [0.5, 0.6) is 0 Å². The Kier molecular flexibility index (Phi) is 5.49. The summed E-state index contributed by atoms with van der Waals surface area (Å²) in [6, 6.07) is 8.01. The summed E-state index contributed by atoms with van der Waals surface area (Å²) in [4.78, 5) is 11.4. The number of carbonyl (C=O) groups is 1. The number of carbonyl (C=O) groups excluding carboxylic acids is 1. The Morgan fingerprint density at radius 1 is 1.29 bits per heavy atom. The van der Waals surface area contributed by atoms with Crippen molar-refractivity contribution >= 4 is 11.6 Å². The summed E-state index contributed by atoms with van der Waals surface area (Å²) in [6.45, 7) is 4.78. The number of ether oxygens (including phenoxy) is 1. The summed E-state index contributed by atoms with van der Waals surface area (Å²) in [7, 11) is 1.67. The van der Waals surface area contributed by atoms with Gasteiger partial charge in [-0.2, -0.15) is 0 Å². The molecule has 94 valence electrons. The normalized spacial score (nSPS) is 10.4. The molecule has 0 aliphatic heterocycles. The molecule has 17 heavy (non-hydrogen) atoms. The monoisotopic (exact) mass is 236 g/mol. The molecule has 4 heteroatoms. The molecule has 0 saturated carbocycles. The lowest BCUT2D eigenvalue weighted by molar-refractivity contribution is -0.119. The Hall–Kier alpha value is -1.55. The van der Waals surface area contributed by atoms with Crippen molar-refractivity contribution in [3.05, 3.63) is 29.8 Å². The molecule has 0 aliphatic rings. The molecule has 1 aromatic carbocycles. The summed E-state index contributed by atoms with van der Waals surface area (Å²) >= 11 is 0. The molecule has 0 heterocycles. The predicted molar refractivity (Wildman–Crippen MR) is 68.9 cm³/mol. The maximum atomic E-state index is 11.4. The van der Waals surface area contributed by atoms with Crippen LogP contribution in [-0.4, -0.2) is 25.6 Å². The fraction of sp³-hybridized carbons (Fsp3) is 0.462. The quantitative estimate of drug-likeness (QED) is 0.791. The van der Waals surface area contributed by atoms with Crippen LogP contribution >= 0.6 is 0 Å². The molecule has 0 bridgehead atoms. The number of methoxy groups -OCH3 is 1. The molecule has 0 unspecified atom stereocenters. The Labute approximate surface area is 102 Å². The average Bonchev–Trinajstić information content (AvgIpc) is 2.28. The topological polar surface area (TPSA) is 50.4 Å². The van der Waals surface area contributed by atoms with Gasteiger partial charge in [0, 0.05) is 18.8 Å². The molecule has 0 aliphatic carbocycles. The van der Waals surface area contributed by atoms with Crippen LogP contribution in [0.3, 0.4) is 0 Å². The Morgan fingerprint density at radius 3 is 2.47 bits per heavy atom. The predicted octanol–water partition coefficient (Wildman–Crippen LogP) is 1.77. The molecule has 1 amide bonds. The van der Waals surface area contributed by atoms with Gasteiger partial charge in [0.1, 0.15) is 0 Å². The van der Waals surface area contributed by atoms with E-state index in [1.165, 1.54) is 0 Å². The van der Waals surface area contributed by atoms with Crippen LogP contribution < -0.4 is 10.6 Å². The first-order chi connectivity index (χ1) is 8.11. The third-order valence-electron chi connectivity index (χ3n) is 2.17. The SMILES string of the molecule is COCc1ccc(NCC(=O)NC(C)C)cc1. The molecular formula is C13H20N2O2. The number of nitrogens with one attached hydrogen (secondary N) is 2. The van der Waals surface area contributed by atoms with Crippen LogP contribution in [0.2, 0.25) is 0 Å². The van der Waals surface area contributed by atoms with Gasteiger partial charge < -0.3 is 15.4 Å². The smallest absolute Gasteiger partial charge is 0.239 e. The highest BCUT2D eigenvalue weighted by atomic mass is 16.5. The van der Waals surface area contributed by atoms with E-state index < -0.39 is 0 Å². The van der Waals surface area contributed by atoms with E-state index in [1.807, 2.05) is 38.1 Å². The van der Waals surface area contributed by atoms with Crippen molar-refractivity contribution in [1.29, 1.82) is 0 Å². The Bertz CT molecular complexity index is 347. The van der Waals surface area contributed by atoms with Crippen LogP contribution in [0.15, 0.2) is 24.3 Å². The number of anilines is 1. The van der Waals surface area contributed by atoms with E-state index in [0.29, 0.717) is 13.2 Å². The van der Waals surface area contributed by atoms with Gasteiger partial charge in [-0.15, -0.1) is 0 Å². The highest BCUT2D eigenvalue weighted by Crippen LogP contribution is 2.09. The molecule has 0 saturated heterocycles. The lowest BCUT2D eigenvalue weighted by atomic mass is 10.2. The van der Waals surface area contributed by atoms with Crippen LogP contribution in [-0.2, 0) is 16.1 Å². The fourth-order valence-electron chi connectivity index (χ4n) is 1.44. The van der Waals surface area contributed by atoms with E-state index >= 15 is 0 Å². The minimum atomic E-state index is 0.000896. The first kappa shape index (κ1) is 13.5. The highest BCUT2D eigenvalue weighted by molar-refractivity contribution is 5.80. The van der Waals surface area contributed by atoms with Gasteiger partial charge in [0.15, 0.2) is 0 Å². The van der Waals surface area contributed by atoms with Gasteiger partial charge >= 0.3 is 0 Å². The van der Waals surface area contributed by atoms with Crippen molar-refractivity contribution in [3.63, 3.8) is 0 Å². The average molecular weight is 236 g/mol. The largest absolute Gasteiger partial charge is 0.380 e. The molecule has 4 nitrogen and oxygen atoms in total. The summed E-state index contributed by atoms with van der Waals surface area (Å²) in [5.41, 5.74) is 2.05. The van der Waals surface area contributed by atoms with Gasteiger partial charge in [0.05, 0.1) is 13.2 Å². The molecule has 1 aromatic rings. The standard InChI is InChI=1S/C13H20N2O2/c1-10(2)15-13(16)8-14-12-6-4-11(5-7-12)9-17-3/h4-7,10,14H,8-9H2,1-3H3,(H,15,16). The molecule has 1 rings (SSSR count). The molecule has 2 N–H and O–H groups in total. The van der Waals surface area contributed by atoms with E-state index in [2.05, 4.69) is 10.6 Å². The Balaban J connectivity index is 2.39. The first-order valence-corrected chi connectivity index (χ1v) is 5.73. The summed E-state index contributed by atoms with van der Waals surface area (Å²) < 4.78 is 5.03. The fourth-order valence-corrected chi connectivity index (χ4v) is 1.44. The van der Waals surface area contributed by atoms with Crippen molar-refractivity contribution in [1.82, 2.24) is 5.32 Å². The Morgan fingerprint density at radius 2 is 1.94 bits per heavy atom. The van der Waals surface area contributed by atoms with Crippen LogP contribution in [0.25, 0.3) is 0 Å². The van der Waals surface area contributed by atoms with Crippen molar-refractivity contribution in [2.75, 3.05) is 19.0 Å². The van der Waals surface area contributed by atoms with Gasteiger partial charge in [0.25, 0.3) is 0 Å². The van der Waals surface area contributed by atoms with Gasteiger partial charge in [-0.25, -0.2) is 0 Å². The van der Waals surface area contributed by atoms with E-state index in [9.17, 15) is 4.79 Å². The van der Waals surface area contributed by atoms with Crippen molar-refractivity contribution in [3.8, 4) is 0 Å². The zero-order chi connectivity index (χ0) is 12.7. The van der Waals surface area contributed by atoms with Crippen molar-refractivity contribution in [2.24, 2.45) is 0 Å². The molecule has 0 aromatic heterocycles. The summed E-state index contributed by atoms with van der Waals surface area (Å²) in [5, 5.41) is 5.89. The van der Waals surface area contributed by atoms with Gasteiger partial charge in [0.2, 0.25) is 5.91 Å². The molecule has 0 fully saturated rings. The zero-order valence-corrected chi connectivity index (χ0v) is 10.6. The second-order valence-corrected chi connectivity index (χ2v) is 4.21. The van der Waals surface area contributed by atoms with E-state index in [-0.39, 0.29) is 11.9 Å². The molecular weight excluding hydrogens is 216 g/mol. The maximum Gasteiger partial charge on any atom is 0.239 e. The second kappa shape index (κ2) is 6.91. The number of hydrogen-bond donors (Lipinski definition) is 2. The highest BCUT2D eigenvalue weighted by Gasteiger charge is 2.02. The number of amides is 1. The number of rotatable bonds is 6. The minimum absolute atomic E-state index is 0.000896. The maximum absolute atomic E-state index is 11.4. The van der Waals surface area contributed by atoms with E-state index in [0.717, 1.165) is 11.3 Å². The van der Waals surface area contributed by atoms with E-state index in [1.54, 1.807) is 7.11 Å². The van der Waals surface area contributed by atoms with E-state index in [4.69, 9.17) is 4.74 Å². The molecule has 0 radical (unpaired) electrons. The van der Waals surface area contributed by atoms with Crippen LogP contribution in [0, 0.1) is 0 Å². The zero-order valence-electron chi connectivity index (χ0n) is 10.6. The summed E-state index contributed by atoms with van der Waals surface area (Å²) in [5.74, 6) is 0.000896. The minimum Gasteiger partial charge on any atom is -0.380 e. The second-order valence-electron chi connectivity index (χ2n) is 4.21. The summed E-state index contributed by atoms with van der Waals surface area (Å²) in [6.07, 6.45) is 0. The lowest BCUT2D eigenvalue weighted by Crippen LogP contribution is -2.34. The van der Waals surface area contributed by atoms with Crippen molar-refractivity contribution in [2.45, 2.75) is 26.5 Å². The van der Waals surface area contributed by atoms with Gasteiger partial charge in [-0.3, -0.25) is 4.79 Å². The van der Waals surface area contributed by atoms with Crippen LogP contribution in [0.1, 0.15) is 19.4 Å². The number of benzene rings is 1. The van der Waals surface area contributed by atoms with Gasteiger partial charge in [-0.05, 0) is 31.5 Å². The number of hydrogen-bond acceptors (Lipinski definition) is 3.